The third-order valence-electron chi connectivity index (χ3n) is 5.89. The number of piperazine rings is 1. The number of pyridine rings is 1. The van der Waals surface area contributed by atoms with Crippen LogP contribution in [0.4, 0.5) is 11.5 Å². The molecular weight excluding hydrogens is 414 g/mol. The van der Waals surface area contributed by atoms with Crippen LogP contribution in [0, 0.1) is 0 Å². The molecule has 1 amide bonds. The Morgan fingerprint density at radius 3 is 2.58 bits per heavy atom. The minimum atomic E-state index is -3.81. The molecule has 166 valence electrons. The van der Waals surface area contributed by atoms with Crippen LogP contribution in [0.25, 0.3) is 0 Å². The average Bonchev–Trinajstić information content (AvgIpc) is 2.80. The van der Waals surface area contributed by atoms with Gasteiger partial charge in [0, 0.05) is 45.0 Å². The number of carbonyl (C=O) groups excluding carboxylic acids is 1. The summed E-state index contributed by atoms with van der Waals surface area (Å²) in [7, 11) is -3.81. The molecule has 4 rings (SSSR count). The maximum absolute atomic E-state index is 13.2. The quantitative estimate of drug-likeness (QED) is 0.737. The van der Waals surface area contributed by atoms with Gasteiger partial charge in [-0.1, -0.05) is 18.2 Å². The van der Waals surface area contributed by atoms with Gasteiger partial charge < -0.3 is 15.1 Å². The Hall–Kier alpha value is -2.65. The number of aromatic nitrogens is 1. The number of amides is 1. The van der Waals surface area contributed by atoms with Crippen molar-refractivity contribution in [3.05, 3.63) is 48.2 Å². The largest absolute Gasteiger partial charge is 0.352 e. The summed E-state index contributed by atoms with van der Waals surface area (Å²) in [4.78, 5) is 21.8. The number of benzene rings is 1. The van der Waals surface area contributed by atoms with E-state index in [9.17, 15) is 13.2 Å². The van der Waals surface area contributed by atoms with E-state index < -0.39 is 10.0 Å². The third kappa shape index (κ3) is 4.83. The van der Waals surface area contributed by atoms with E-state index in [2.05, 4.69) is 21.9 Å². The molecule has 2 aromatic rings. The second kappa shape index (κ2) is 9.23. The van der Waals surface area contributed by atoms with Crippen LogP contribution in [0.3, 0.4) is 0 Å². The predicted octanol–water partition coefficient (Wildman–Crippen LogP) is 2.31. The van der Waals surface area contributed by atoms with Gasteiger partial charge in [0.15, 0.2) is 5.82 Å². The number of nitrogens with zero attached hydrogens (tertiary/aromatic N) is 3. The maximum atomic E-state index is 13.2. The number of rotatable bonds is 5. The van der Waals surface area contributed by atoms with Crippen molar-refractivity contribution >= 4 is 27.4 Å². The zero-order valence-corrected chi connectivity index (χ0v) is 18.6. The first kappa shape index (κ1) is 21.6. The van der Waals surface area contributed by atoms with Crippen molar-refractivity contribution in [2.24, 2.45) is 0 Å². The van der Waals surface area contributed by atoms with E-state index in [0.29, 0.717) is 36.7 Å². The van der Waals surface area contributed by atoms with Crippen LogP contribution in [0.5, 0.6) is 0 Å². The van der Waals surface area contributed by atoms with Crippen LogP contribution in [0.2, 0.25) is 0 Å². The second-order valence-corrected chi connectivity index (χ2v) is 9.78. The summed E-state index contributed by atoms with van der Waals surface area (Å²) in [5, 5.41) is 3.29. The molecule has 0 radical (unpaired) electrons. The highest BCUT2D eigenvalue weighted by atomic mass is 32.2. The van der Waals surface area contributed by atoms with Crippen molar-refractivity contribution in [1.29, 1.82) is 0 Å². The topological polar surface area (TPSA) is 94.6 Å². The van der Waals surface area contributed by atoms with E-state index in [1.165, 1.54) is 0 Å². The molecule has 2 N–H and O–H groups in total. The summed E-state index contributed by atoms with van der Waals surface area (Å²) in [5.41, 5.74) is 0.736. The number of sulfonamides is 1. The molecule has 0 bridgehead atoms. The van der Waals surface area contributed by atoms with E-state index in [4.69, 9.17) is 0 Å². The highest BCUT2D eigenvalue weighted by molar-refractivity contribution is 7.92. The SMILES string of the molecule is CC1CCCCN1C(=O)c1cnc(N2CCNCC2)c(NS(=O)(=O)c2ccccc2)c1. The average molecular weight is 444 g/mol. The van der Waals surface area contributed by atoms with E-state index >= 15 is 0 Å². The Bertz CT molecular complexity index is 1020. The Kier molecular flexibility index (Phi) is 6.43. The van der Waals surface area contributed by atoms with Gasteiger partial charge in [-0.15, -0.1) is 0 Å². The Balaban J connectivity index is 1.69. The van der Waals surface area contributed by atoms with Gasteiger partial charge in [0.25, 0.3) is 15.9 Å². The number of anilines is 2. The lowest BCUT2D eigenvalue weighted by Crippen LogP contribution is -2.44. The predicted molar refractivity (Wildman–Crippen MR) is 121 cm³/mol. The van der Waals surface area contributed by atoms with Gasteiger partial charge in [-0.3, -0.25) is 9.52 Å². The minimum absolute atomic E-state index is 0.105. The van der Waals surface area contributed by atoms with Crippen molar-refractivity contribution in [3.63, 3.8) is 0 Å². The van der Waals surface area contributed by atoms with Gasteiger partial charge in [-0.2, -0.15) is 0 Å². The zero-order chi connectivity index (χ0) is 21.8. The lowest BCUT2D eigenvalue weighted by Gasteiger charge is -2.34. The summed E-state index contributed by atoms with van der Waals surface area (Å²) in [6.45, 7) is 5.77. The fourth-order valence-electron chi connectivity index (χ4n) is 4.15. The normalized spacial score (nSPS) is 19.8. The standard InChI is InChI=1S/C22H29N5O3S/c1-17-7-5-6-12-27(17)22(28)18-15-20(21(24-16-18)26-13-10-23-11-14-26)25-31(29,30)19-8-3-2-4-9-19/h2-4,8-9,15-17,23,25H,5-7,10-14H2,1H3. The summed E-state index contributed by atoms with van der Waals surface area (Å²) in [6, 6.07) is 10.0. The zero-order valence-electron chi connectivity index (χ0n) is 17.8. The van der Waals surface area contributed by atoms with Gasteiger partial charge in [0.2, 0.25) is 0 Å². The van der Waals surface area contributed by atoms with E-state index in [1.807, 2.05) is 9.80 Å². The molecular formula is C22H29N5O3S. The third-order valence-corrected chi connectivity index (χ3v) is 7.27. The van der Waals surface area contributed by atoms with Crippen LogP contribution >= 0.6 is 0 Å². The second-order valence-electron chi connectivity index (χ2n) is 8.09. The maximum Gasteiger partial charge on any atom is 0.262 e. The molecule has 8 nitrogen and oxygen atoms in total. The van der Waals surface area contributed by atoms with Gasteiger partial charge in [-0.25, -0.2) is 13.4 Å². The molecule has 1 aromatic carbocycles. The highest BCUT2D eigenvalue weighted by Gasteiger charge is 2.27. The number of likely N-dealkylation sites (tertiary alicyclic amines) is 1. The molecule has 1 unspecified atom stereocenters. The summed E-state index contributed by atoms with van der Waals surface area (Å²) < 4.78 is 28.7. The first-order valence-electron chi connectivity index (χ1n) is 10.8. The van der Waals surface area contributed by atoms with Crippen molar-refractivity contribution in [2.75, 3.05) is 42.3 Å². The van der Waals surface area contributed by atoms with Crippen LogP contribution in [-0.2, 0) is 10.0 Å². The molecule has 0 spiro atoms. The van der Waals surface area contributed by atoms with Crippen molar-refractivity contribution in [2.45, 2.75) is 37.1 Å². The van der Waals surface area contributed by atoms with Gasteiger partial charge in [0.1, 0.15) is 0 Å². The first-order chi connectivity index (χ1) is 15.0. The number of carbonyl (C=O) groups is 1. The molecule has 0 saturated carbocycles. The number of hydrogen-bond acceptors (Lipinski definition) is 6. The molecule has 9 heteroatoms. The molecule has 1 aromatic heterocycles. The monoisotopic (exact) mass is 443 g/mol. The first-order valence-corrected chi connectivity index (χ1v) is 12.3. The van der Waals surface area contributed by atoms with Crippen LogP contribution < -0.4 is 14.9 Å². The van der Waals surface area contributed by atoms with E-state index in [0.717, 1.165) is 32.4 Å². The summed E-state index contributed by atoms with van der Waals surface area (Å²) in [5.74, 6) is 0.441. The fourth-order valence-corrected chi connectivity index (χ4v) is 5.22. The summed E-state index contributed by atoms with van der Waals surface area (Å²) in [6.07, 6.45) is 4.65. The molecule has 31 heavy (non-hydrogen) atoms. The lowest BCUT2D eigenvalue weighted by molar-refractivity contribution is 0.0635. The van der Waals surface area contributed by atoms with Gasteiger partial charge >= 0.3 is 0 Å². The Morgan fingerprint density at radius 2 is 1.87 bits per heavy atom. The molecule has 2 fully saturated rings. The molecule has 3 heterocycles. The Labute approximate surface area is 183 Å². The smallest absolute Gasteiger partial charge is 0.262 e. The van der Waals surface area contributed by atoms with E-state index in [1.54, 1.807) is 42.6 Å². The molecule has 1 atom stereocenters. The van der Waals surface area contributed by atoms with Crippen molar-refractivity contribution in [3.8, 4) is 0 Å². The van der Waals surface area contributed by atoms with Gasteiger partial charge in [0.05, 0.1) is 16.1 Å². The fraction of sp³-hybridized carbons (Fsp3) is 0.455. The van der Waals surface area contributed by atoms with Gasteiger partial charge in [-0.05, 0) is 44.4 Å². The number of nitrogens with one attached hydrogen (secondary N) is 2. The molecule has 0 aliphatic carbocycles. The molecule has 2 aliphatic heterocycles. The van der Waals surface area contributed by atoms with Crippen LogP contribution in [0.15, 0.2) is 47.5 Å². The molecule has 2 aliphatic rings. The molecule has 2 saturated heterocycles. The van der Waals surface area contributed by atoms with Crippen LogP contribution in [0.1, 0.15) is 36.5 Å². The van der Waals surface area contributed by atoms with Crippen molar-refractivity contribution < 1.29 is 13.2 Å². The van der Waals surface area contributed by atoms with Crippen LogP contribution in [-0.4, -0.2) is 63.0 Å². The summed E-state index contributed by atoms with van der Waals surface area (Å²) >= 11 is 0. The minimum Gasteiger partial charge on any atom is -0.352 e. The van der Waals surface area contributed by atoms with Crippen molar-refractivity contribution in [1.82, 2.24) is 15.2 Å². The van der Waals surface area contributed by atoms with E-state index in [-0.39, 0.29) is 16.8 Å². The number of hydrogen-bond donors (Lipinski definition) is 2. The number of piperidine rings is 1. The Morgan fingerprint density at radius 1 is 1.13 bits per heavy atom. The lowest BCUT2D eigenvalue weighted by atomic mass is 10.0. The highest BCUT2D eigenvalue weighted by Crippen LogP contribution is 2.29.